The second kappa shape index (κ2) is 9.49. The lowest BCUT2D eigenvalue weighted by Gasteiger charge is -2.31. The molecule has 0 N–H and O–H groups in total. The summed E-state index contributed by atoms with van der Waals surface area (Å²) in [5, 5.41) is 26.9. The van der Waals surface area contributed by atoms with Gasteiger partial charge < -0.3 is 0 Å². The van der Waals surface area contributed by atoms with Crippen LogP contribution in [0.25, 0.3) is 0 Å². The highest BCUT2D eigenvalue weighted by atomic mass is 14.4. The molecular formula is C15H23N3. The van der Waals surface area contributed by atoms with Crippen LogP contribution in [-0.2, 0) is 0 Å². The molecule has 0 heterocycles. The van der Waals surface area contributed by atoms with E-state index < -0.39 is 0 Å². The average Bonchev–Trinajstić information content (AvgIpc) is 2.39. The molecule has 3 heteroatoms. The second-order valence-electron chi connectivity index (χ2n) is 5.00. The Bertz CT molecular complexity index is 342. The maximum absolute atomic E-state index is 9.53. The quantitative estimate of drug-likeness (QED) is 0.568. The van der Waals surface area contributed by atoms with E-state index in [0.717, 1.165) is 38.5 Å². The van der Waals surface area contributed by atoms with E-state index in [1.54, 1.807) is 0 Å². The van der Waals surface area contributed by atoms with Crippen LogP contribution in [0.1, 0.15) is 65.2 Å². The van der Waals surface area contributed by atoms with E-state index >= 15 is 0 Å². The van der Waals surface area contributed by atoms with E-state index in [9.17, 15) is 5.26 Å². The summed E-state index contributed by atoms with van der Waals surface area (Å²) in [6.45, 7) is 4.12. The molecule has 3 nitrogen and oxygen atoms in total. The van der Waals surface area contributed by atoms with Gasteiger partial charge >= 0.3 is 0 Å². The Hall–Kier alpha value is -1.53. The van der Waals surface area contributed by atoms with Crippen LogP contribution < -0.4 is 0 Å². The monoisotopic (exact) mass is 245 g/mol. The second-order valence-corrected chi connectivity index (χ2v) is 5.00. The highest BCUT2D eigenvalue weighted by Crippen LogP contribution is 2.39. The predicted octanol–water partition coefficient (Wildman–Crippen LogP) is 4.32. The van der Waals surface area contributed by atoms with Crippen molar-refractivity contribution >= 4 is 0 Å². The van der Waals surface area contributed by atoms with Gasteiger partial charge in [0, 0.05) is 12.8 Å². The molecule has 0 saturated heterocycles. The van der Waals surface area contributed by atoms with E-state index in [-0.39, 0.29) is 11.3 Å². The molecular weight excluding hydrogens is 222 g/mol. The molecule has 0 rings (SSSR count). The van der Waals surface area contributed by atoms with Crippen molar-refractivity contribution in [2.75, 3.05) is 0 Å². The lowest BCUT2D eigenvalue weighted by atomic mass is 9.69. The van der Waals surface area contributed by atoms with Crippen molar-refractivity contribution in [1.29, 1.82) is 15.8 Å². The molecule has 0 aliphatic carbocycles. The van der Waals surface area contributed by atoms with Gasteiger partial charge in [-0.25, -0.2) is 0 Å². The van der Waals surface area contributed by atoms with E-state index in [1.165, 1.54) is 0 Å². The first-order chi connectivity index (χ1) is 8.66. The molecule has 0 aliphatic rings. The smallest absolute Gasteiger partial charge is 0.0692 e. The van der Waals surface area contributed by atoms with Crippen molar-refractivity contribution in [2.24, 2.45) is 11.3 Å². The Morgan fingerprint density at radius 1 is 1.00 bits per heavy atom. The standard InChI is InChI=1S/C15H23N3/c1-3-4-9-15(13-18,14(2)8-12-17)10-6-5-7-11-16/h14H,3-10H2,1-2H3. The molecule has 0 aromatic heterocycles. The Morgan fingerprint density at radius 2 is 1.67 bits per heavy atom. The van der Waals surface area contributed by atoms with Crippen LogP contribution in [0.2, 0.25) is 0 Å². The van der Waals surface area contributed by atoms with Gasteiger partial charge in [-0.3, -0.25) is 0 Å². The van der Waals surface area contributed by atoms with Gasteiger partial charge in [-0.1, -0.05) is 33.1 Å². The van der Waals surface area contributed by atoms with E-state index in [2.05, 4.69) is 25.1 Å². The summed E-state index contributed by atoms with van der Waals surface area (Å²) in [5.74, 6) is 0.112. The summed E-state index contributed by atoms with van der Waals surface area (Å²) in [7, 11) is 0. The van der Waals surface area contributed by atoms with Crippen LogP contribution in [0.3, 0.4) is 0 Å². The van der Waals surface area contributed by atoms with E-state index in [0.29, 0.717) is 12.8 Å². The Labute approximate surface area is 111 Å². The van der Waals surface area contributed by atoms with Crippen molar-refractivity contribution in [2.45, 2.75) is 65.2 Å². The average molecular weight is 245 g/mol. The number of nitrogens with zero attached hydrogens (tertiary/aromatic N) is 3. The van der Waals surface area contributed by atoms with Gasteiger partial charge in [0.1, 0.15) is 0 Å². The largest absolute Gasteiger partial charge is 0.198 e. The number of nitriles is 3. The highest BCUT2D eigenvalue weighted by Gasteiger charge is 2.35. The number of hydrogen-bond acceptors (Lipinski definition) is 3. The molecule has 0 radical (unpaired) electrons. The number of rotatable bonds is 9. The van der Waals surface area contributed by atoms with Crippen LogP contribution in [0.5, 0.6) is 0 Å². The van der Waals surface area contributed by atoms with Crippen molar-refractivity contribution in [3.05, 3.63) is 0 Å². The zero-order valence-electron chi connectivity index (χ0n) is 11.6. The summed E-state index contributed by atoms with van der Waals surface area (Å²) in [4.78, 5) is 0. The number of unbranched alkanes of at least 4 members (excludes halogenated alkanes) is 3. The van der Waals surface area contributed by atoms with Crippen LogP contribution in [0, 0.1) is 45.3 Å². The predicted molar refractivity (Wildman–Crippen MR) is 71.0 cm³/mol. The number of hydrogen-bond donors (Lipinski definition) is 0. The minimum atomic E-state index is -0.374. The first-order valence-corrected chi connectivity index (χ1v) is 6.82. The van der Waals surface area contributed by atoms with Gasteiger partial charge in [0.25, 0.3) is 0 Å². The SMILES string of the molecule is CCCCC(C#N)(CCCCC#N)C(C)CC#N. The zero-order valence-corrected chi connectivity index (χ0v) is 11.6. The molecule has 0 amide bonds. The van der Waals surface area contributed by atoms with Gasteiger partial charge in [0.15, 0.2) is 0 Å². The Morgan fingerprint density at radius 3 is 2.17 bits per heavy atom. The molecule has 0 aromatic rings. The van der Waals surface area contributed by atoms with Crippen LogP contribution in [0.4, 0.5) is 0 Å². The van der Waals surface area contributed by atoms with Crippen molar-refractivity contribution in [1.82, 2.24) is 0 Å². The topological polar surface area (TPSA) is 71.4 Å². The lowest BCUT2D eigenvalue weighted by Crippen LogP contribution is -2.27. The fraction of sp³-hybridized carbons (Fsp3) is 0.800. The minimum Gasteiger partial charge on any atom is -0.198 e. The van der Waals surface area contributed by atoms with Gasteiger partial charge in [0.05, 0.1) is 23.6 Å². The molecule has 0 fully saturated rings. The van der Waals surface area contributed by atoms with Crippen molar-refractivity contribution in [3.8, 4) is 18.2 Å². The molecule has 18 heavy (non-hydrogen) atoms. The summed E-state index contributed by atoms with van der Waals surface area (Å²) < 4.78 is 0. The fourth-order valence-electron chi connectivity index (χ4n) is 2.31. The Kier molecular flexibility index (Phi) is 8.69. The summed E-state index contributed by atoms with van der Waals surface area (Å²) in [6.07, 6.45) is 6.54. The normalized spacial score (nSPS) is 14.8. The third kappa shape index (κ3) is 5.20. The third-order valence-electron chi connectivity index (χ3n) is 3.70. The van der Waals surface area contributed by atoms with Gasteiger partial charge in [-0.15, -0.1) is 0 Å². The van der Waals surface area contributed by atoms with Crippen molar-refractivity contribution < 1.29 is 0 Å². The third-order valence-corrected chi connectivity index (χ3v) is 3.70. The molecule has 98 valence electrons. The first kappa shape index (κ1) is 16.5. The first-order valence-electron chi connectivity index (χ1n) is 6.82. The van der Waals surface area contributed by atoms with Gasteiger partial charge in [0.2, 0.25) is 0 Å². The molecule has 2 unspecified atom stereocenters. The molecule has 0 bridgehead atoms. The van der Waals surface area contributed by atoms with Crippen LogP contribution in [0.15, 0.2) is 0 Å². The minimum absolute atomic E-state index is 0.112. The van der Waals surface area contributed by atoms with Crippen LogP contribution in [-0.4, -0.2) is 0 Å². The molecule has 0 aliphatic heterocycles. The summed E-state index contributed by atoms with van der Waals surface area (Å²) in [6, 6.07) is 6.79. The van der Waals surface area contributed by atoms with E-state index in [1.807, 2.05) is 6.92 Å². The highest BCUT2D eigenvalue weighted by molar-refractivity contribution is 5.03. The fourth-order valence-corrected chi connectivity index (χ4v) is 2.31. The molecule has 0 saturated carbocycles. The Balaban J connectivity index is 4.62. The summed E-state index contributed by atoms with van der Waals surface area (Å²) >= 11 is 0. The summed E-state index contributed by atoms with van der Waals surface area (Å²) in [5.41, 5.74) is -0.374. The van der Waals surface area contributed by atoms with Gasteiger partial charge in [-0.2, -0.15) is 15.8 Å². The lowest BCUT2D eigenvalue weighted by molar-refractivity contribution is 0.209. The zero-order chi connectivity index (χ0) is 13.9. The maximum Gasteiger partial charge on any atom is 0.0692 e. The van der Waals surface area contributed by atoms with Gasteiger partial charge in [-0.05, 0) is 25.2 Å². The molecule has 0 spiro atoms. The maximum atomic E-state index is 9.53. The molecule has 0 aromatic carbocycles. The van der Waals surface area contributed by atoms with Crippen molar-refractivity contribution in [3.63, 3.8) is 0 Å². The molecule has 2 atom stereocenters. The van der Waals surface area contributed by atoms with Crippen LogP contribution >= 0.6 is 0 Å². The van der Waals surface area contributed by atoms with E-state index in [4.69, 9.17) is 10.5 Å².